The molecule has 4 nitrogen and oxygen atoms in total. The van der Waals surface area contributed by atoms with Crippen LogP contribution in [0.4, 0.5) is 5.13 Å². The van der Waals surface area contributed by atoms with E-state index in [4.69, 9.17) is 0 Å². The van der Waals surface area contributed by atoms with Crippen molar-refractivity contribution in [2.75, 3.05) is 17.6 Å². The average molecular weight is 358 g/mol. The lowest BCUT2D eigenvalue weighted by Gasteiger charge is -2.02. The second-order valence-corrected chi connectivity index (χ2v) is 6.50. The fraction of sp³-hybridized carbons (Fsp3) is 0.250. The van der Waals surface area contributed by atoms with E-state index in [9.17, 15) is 4.79 Å². The minimum atomic E-state index is 0.0346. The molecule has 0 bridgehead atoms. The Morgan fingerprint density at radius 2 is 2.16 bits per heavy atom. The third kappa shape index (κ3) is 4.29. The second kappa shape index (κ2) is 7.02. The summed E-state index contributed by atoms with van der Waals surface area (Å²) in [6.07, 6.45) is 0. The summed E-state index contributed by atoms with van der Waals surface area (Å²) < 4.78 is 5.14. The fourth-order valence-electron chi connectivity index (χ4n) is 1.36. The number of Topliss-reactive ketones (excluding diaryl/α,β-unsaturated/α-hetero) is 1. The van der Waals surface area contributed by atoms with Gasteiger partial charge in [0.05, 0.1) is 6.54 Å². The Labute approximate surface area is 128 Å². The standard InChI is InChI=1S/C12H12BrN3OS2/c1-2-18-12-15-11(19-16-12)14-7-10(17)8-3-5-9(13)6-4-8/h3-6H,2,7H2,1H3,(H,14,15,16). The van der Waals surface area contributed by atoms with E-state index >= 15 is 0 Å². The maximum atomic E-state index is 11.9. The largest absolute Gasteiger partial charge is 0.353 e. The first kappa shape index (κ1) is 14.5. The van der Waals surface area contributed by atoms with Crippen LogP contribution in [0.3, 0.4) is 0 Å². The number of halogens is 1. The monoisotopic (exact) mass is 357 g/mol. The number of aromatic nitrogens is 2. The second-order valence-electron chi connectivity index (χ2n) is 3.60. The Morgan fingerprint density at radius 1 is 1.42 bits per heavy atom. The number of nitrogens with zero attached hydrogens (tertiary/aromatic N) is 2. The number of hydrogen-bond donors (Lipinski definition) is 1. The summed E-state index contributed by atoms with van der Waals surface area (Å²) in [5, 5.41) is 4.44. The molecule has 1 aromatic carbocycles. The third-order valence-corrected chi connectivity index (χ3v) is 4.29. The van der Waals surface area contributed by atoms with E-state index in [0.29, 0.717) is 10.7 Å². The molecule has 1 heterocycles. The summed E-state index contributed by atoms with van der Waals surface area (Å²) in [7, 11) is 0. The molecule has 0 aliphatic rings. The third-order valence-electron chi connectivity index (χ3n) is 2.25. The molecule has 0 spiro atoms. The van der Waals surface area contributed by atoms with E-state index in [1.807, 2.05) is 12.1 Å². The van der Waals surface area contributed by atoms with Crippen molar-refractivity contribution < 1.29 is 4.79 Å². The molecule has 0 unspecified atom stereocenters. The Kier molecular flexibility index (Phi) is 5.35. The molecule has 0 saturated carbocycles. The summed E-state index contributed by atoms with van der Waals surface area (Å²) in [6, 6.07) is 7.31. The van der Waals surface area contributed by atoms with Crippen LogP contribution in [0.1, 0.15) is 17.3 Å². The Morgan fingerprint density at radius 3 is 2.84 bits per heavy atom. The molecular weight excluding hydrogens is 346 g/mol. The van der Waals surface area contributed by atoms with Gasteiger partial charge in [0.25, 0.3) is 0 Å². The number of nitrogens with one attached hydrogen (secondary N) is 1. The van der Waals surface area contributed by atoms with Crippen molar-refractivity contribution in [3.63, 3.8) is 0 Å². The molecule has 2 rings (SSSR count). The van der Waals surface area contributed by atoms with E-state index in [-0.39, 0.29) is 12.3 Å². The topological polar surface area (TPSA) is 54.9 Å². The molecule has 0 fully saturated rings. The van der Waals surface area contributed by atoms with Crippen LogP contribution in [0.5, 0.6) is 0 Å². The minimum Gasteiger partial charge on any atom is -0.353 e. The smallest absolute Gasteiger partial charge is 0.203 e. The predicted octanol–water partition coefficient (Wildman–Crippen LogP) is 3.71. The van der Waals surface area contributed by atoms with Gasteiger partial charge in [-0.25, -0.2) is 0 Å². The van der Waals surface area contributed by atoms with Crippen LogP contribution >= 0.6 is 39.2 Å². The van der Waals surface area contributed by atoms with Crippen molar-refractivity contribution in [2.45, 2.75) is 12.1 Å². The highest BCUT2D eigenvalue weighted by molar-refractivity contribution is 9.10. The van der Waals surface area contributed by atoms with Crippen LogP contribution in [-0.4, -0.2) is 27.4 Å². The van der Waals surface area contributed by atoms with Crippen molar-refractivity contribution in [1.29, 1.82) is 0 Å². The average Bonchev–Trinajstić information content (AvgIpc) is 2.85. The number of hydrogen-bond acceptors (Lipinski definition) is 6. The van der Waals surface area contributed by atoms with Gasteiger partial charge in [0.1, 0.15) is 0 Å². The molecular formula is C12H12BrN3OS2. The van der Waals surface area contributed by atoms with Crippen molar-refractivity contribution in [3.8, 4) is 0 Å². The number of carbonyl (C=O) groups excluding carboxylic acids is 1. The highest BCUT2D eigenvalue weighted by Crippen LogP contribution is 2.19. The van der Waals surface area contributed by atoms with Crippen molar-refractivity contribution in [1.82, 2.24) is 9.36 Å². The van der Waals surface area contributed by atoms with Gasteiger partial charge < -0.3 is 5.32 Å². The van der Waals surface area contributed by atoms with Crippen molar-refractivity contribution in [2.24, 2.45) is 0 Å². The Hall–Kier alpha value is -0.920. The predicted molar refractivity (Wildman–Crippen MR) is 83.3 cm³/mol. The lowest BCUT2D eigenvalue weighted by molar-refractivity contribution is 0.101. The van der Waals surface area contributed by atoms with Gasteiger partial charge in [-0.3, -0.25) is 4.79 Å². The molecule has 1 N–H and O–H groups in total. The number of ketones is 1. The zero-order valence-corrected chi connectivity index (χ0v) is 13.4. The molecule has 100 valence electrons. The van der Waals surface area contributed by atoms with Crippen LogP contribution in [0.2, 0.25) is 0 Å². The van der Waals surface area contributed by atoms with E-state index in [2.05, 4.69) is 37.5 Å². The molecule has 0 radical (unpaired) electrons. The van der Waals surface area contributed by atoms with Crippen LogP contribution in [0, 0.1) is 0 Å². The van der Waals surface area contributed by atoms with Gasteiger partial charge in [0, 0.05) is 21.6 Å². The molecule has 0 amide bonds. The highest BCUT2D eigenvalue weighted by atomic mass is 79.9. The molecule has 19 heavy (non-hydrogen) atoms. The summed E-state index contributed by atoms with van der Waals surface area (Å²) in [4.78, 5) is 16.2. The van der Waals surface area contributed by atoms with Gasteiger partial charge in [-0.1, -0.05) is 46.7 Å². The summed E-state index contributed by atoms with van der Waals surface area (Å²) >= 11 is 6.20. The van der Waals surface area contributed by atoms with E-state index < -0.39 is 0 Å². The van der Waals surface area contributed by atoms with E-state index in [1.54, 1.807) is 23.9 Å². The molecule has 0 aliphatic heterocycles. The SMILES string of the molecule is CCSc1nsc(NCC(=O)c2ccc(Br)cc2)n1. The van der Waals surface area contributed by atoms with Gasteiger partial charge in [-0.2, -0.15) is 9.36 Å². The van der Waals surface area contributed by atoms with Crippen LogP contribution < -0.4 is 5.32 Å². The van der Waals surface area contributed by atoms with E-state index in [1.165, 1.54) is 11.5 Å². The van der Waals surface area contributed by atoms with Crippen molar-refractivity contribution >= 4 is 50.1 Å². The first-order valence-corrected chi connectivity index (χ1v) is 8.23. The fourth-order valence-corrected chi connectivity index (χ4v) is 2.89. The lowest BCUT2D eigenvalue weighted by atomic mass is 10.1. The summed E-state index contributed by atoms with van der Waals surface area (Å²) in [5.41, 5.74) is 0.684. The lowest BCUT2D eigenvalue weighted by Crippen LogP contribution is -2.13. The zero-order chi connectivity index (χ0) is 13.7. The summed E-state index contributed by atoms with van der Waals surface area (Å²) in [6.45, 7) is 2.28. The molecule has 0 atom stereocenters. The molecule has 7 heteroatoms. The first-order valence-electron chi connectivity index (χ1n) is 5.68. The van der Waals surface area contributed by atoms with Gasteiger partial charge in [0.2, 0.25) is 10.3 Å². The molecule has 0 saturated heterocycles. The highest BCUT2D eigenvalue weighted by Gasteiger charge is 2.08. The number of benzene rings is 1. The van der Waals surface area contributed by atoms with Gasteiger partial charge >= 0.3 is 0 Å². The quantitative estimate of drug-likeness (QED) is 0.630. The summed E-state index contributed by atoms with van der Waals surface area (Å²) in [5.74, 6) is 0.973. The van der Waals surface area contributed by atoms with Crippen LogP contribution in [0.25, 0.3) is 0 Å². The Bertz CT molecular complexity index is 556. The minimum absolute atomic E-state index is 0.0346. The van der Waals surface area contributed by atoms with Crippen molar-refractivity contribution in [3.05, 3.63) is 34.3 Å². The van der Waals surface area contributed by atoms with Gasteiger partial charge in [-0.05, 0) is 17.9 Å². The maximum absolute atomic E-state index is 11.9. The van der Waals surface area contributed by atoms with Gasteiger partial charge in [0.15, 0.2) is 5.78 Å². The van der Waals surface area contributed by atoms with Gasteiger partial charge in [-0.15, -0.1) is 0 Å². The number of anilines is 1. The zero-order valence-electron chi connectivity index (χ0n) is 10.2. The molecule has 2 aromatic rings. The van der Waals surface area contributed by atoms with E-state index in [0.717, 1.165) is 15.4 Å². The maximum Gasteiger partial charge on any atom is 0.203 e. The molecule has 0 aliphatic carbocycles. The molecule has 1 aromatic heterocycles. The number of carbonyl (C=O) groups is 1. The van der Waals surface area contributed by atoms with Crippen LogP contribution in [0.15, 0.2) is 33.9 Å². The Balaban J connectivity index is 1.90. The van der Waals surface area contributed by atoms with Crippen LogP contribution in [-0.2, 0) is 0 Å². The number of rotatable bonds is 6. The number of thioether (sulfide) groups is 1. The first-order chi connectivity index (χ1) is 9.19. The normalized spacial score (nSPS) is 10.4.